The van der Waals surface area contributed by atoms with Crippen molar-refractivity contribution in [2.45, 2.75) is 13.5 Å². The van der Waals surface area contributed by atoms with Gasteiger partial charge in [0.25, 0.3) is 0 Å². The van der Waals surface area contributed by atoms with Gasteiger partial charge >= 0.3 is 6.03 Å². The highest BCUT2D eigenvalue weighted by Crippen LogP contribution is 2.18. The molecule has 1 fully saturated rings. The molecule has 7 heteroatoms. The Morgan fingerprint density at radius 1 is 1.22 bits per heavy atom. The number of amides is 2. The molecule has 1 aliphatic rings. The summed E-state index contributed by atoms with van der Waals surface area (Å²) >= 11 is 0. The molecular weight excluding hydrogens is 344 g/mol. The fourth-order valence-electron chi connectivity index (χ4n) is 2.90. The molecule has 1 aromatic heterocycles. The molecule has 0 aliphatic carbocycles. The van der Waals surface area contributed by atoms with Crippen molar-refractivity contribution in [3.63, 3.8) is 0 Å². The molecule has 0 spiro atoms. The molecule has 2 heterocycles. The number of ether oxygens (including phenoxy) is 2. The van der Waals surface area contributed by atoms with Gasteiger partial charge in [-0.2, -0.15) is 0 Å². The lowest BCUT2D eigenvalue weighted by molar-refractivity contribution is 0.122. The van der Waals surface area contributed by atoms with Crippen LogP contribution in [0.4, 0.5) is 10.6 Å². The predicted octanol–water partition coefficient (Wildman–Crippen LogP) is 2.10. The first-order valence-corrected chi connectivity index (χ1v) is 9.20. The molecule has 0 saturated carbocycles. The Kier molecular flexibility index (Phi) is 6.87. The first-order chi connectivity index (χ1) is 13.2. The summed E-state index contributed by atoms with van der Waals surface area (Å²) in [5.74, 6) is 1.71. The minimum Gasteiger partial charge on any atom is -0.492 e. The van der Waals surface area contributed by atoms with Crippen molar-refractivity contribution in [2.75, 3.05) is 44.4 Å². The number of carbonyl (C=O) groups is 1. The van der Waals surface area contributed by atoms with Gasteiger partial charge in [0, 0.05) is 31.4 Å². The summed E-state index contributed by atoms with van der Waals surface area (Å²) in [6.07, 6.45) is 1.77. The summed E-state index contributed by atoms with van der Waals surface area (Å²) in [5.41, 5.74) is 2.14. The van der Waals surface area contributed by atoms with E-state index in [1.165, 1.54) is 0 Å². The van der Waals surface area contributed by atoms with E-state index in [4.69, 9.17) is 9.47 Å². The molecule has 0 bridgehead atoms. The van der Waals surface area contributed by atoms with Gasteiger partial charge in [-0.15, -0.1) is 0 Å². The smallest absolute Gasteiger partial charge is 0.315 e. The van der Waals surface area contributed by atoms with Crippen LogP contribution in [0.2, 0.25) is 0 Å². The van der Waals surface area contributed by atoms with Crippen molar-refractivity contribution in [2.24, 2.45) is 0 Å². The molecule has 3 rings (SSSR count). The average Bonchev–Trinajstić information content (AvgIpc) is 2.71. The molecule has 27 heavy (non-hydrogen) atoms. The molecule has 0 radical (unpaired) electrons. The second kappa shape index (κ2) is 9.78. The van der Waals surface area contributed by atoms with Crippen LogP contribution in [0.25, 0.3) is 0 Å². The first-order valence-electron chi connectivity index (χ1n) is 9.20. The third kappa shape index (κ3) is 5.86. The lowest BCUT2D eigenvalue weighted by atomic mass is 10.2. The Balaban J connectivity index is 1.41. The van der Waals surface area contributed by atoms with Crippen molar-refractivity contribution in [3.05, 3.63) is 53.7 Å². The highest BCUT2D eigenvalue weighted by Gasteiger charge is 2.16. The van der Waals surface area contributed by atoms with Crippen LogP contribution < -0.4 is 20.3 Å². The molecule has 1 aliphatic heterocycles. The maximum absolute atomic E-state index is 12.0. The predicted molar refractivity (Wildman–Crippen MR) is 104 cm³/mol. The topological polar surface area (TPSA) is 75.7 Å². The van der Waals surface area contributed by atoms with Gasteiger partial charge in [-0.3, -0.25) is 0 Å². The van der Waals surface area contributed by atoms with E-state index < -0.39 is 0 Å². The van der Waals surface area contributed by atoms with Gasteiger partial charge in [0.2, 0.25) is 0 Å². The standard InChI is InChI=1S/C20H26N4O3/c1-16-4-2-6-18(14-16)27-11-8-22-20(25)23-15-17-5-3-7-21-19(17)24-9-12-26-13-10-24/h2-7,14H,8-13,15H2,1H3,(H2,22,23,25). The summed E-state index contributed by atoms with van der Waals surface area (Å²) in [7, 11) is 0. The molecule has 0 atom stereocenters. The minimum absolute atomic E-state index is 0.223. The van der Waals surface area contributed by atoms with Crippen LogP contribution in [0, 0.1) is 6.92 Å². The third-order valence-corrected chi connectivity index (χ3v) is 4.26. The minimum atomic E-state index is -0.223. The molecule has 144 valence electrons. The summed E-state index contributed by atoms with van der Waals surface area (Å²) in [6, 6.07) is 11.5. The first kappa shape index (κ1) is 19.0. The Morgan fingerprint density at radius 2 is 2.07 bits per heavy atom. The summed E-state index contributed by atoms with van der Waals surface area (Å²) < 4.78 is 11.0. The monoisotopic (exact) mass is 370 g/mol. The molecule has 1 aromatic carbocycles. The highest BCUT2D eigenvalue weighted by atomic mass is 16.5. The fourth-order valence-corrected chi connectivity index (χ4v) is 2.90. The quantitative estimate of drug-likeness (QED) is 0.730. The maximum atomic E-state index is 12.0. The zero-order chi connectivity index (χ0) is 18.9. The molecule has 0 unspecified atom stereocenters. The lowest BCUT2D eigenvalue weighted by Gasteiger charge is -2.29. The molecule has 2 aromatic rings. The molecule has 1 saturated heterocycles. The zero-order valence-corrected chi connectivity index (χ0v) is 15.6. The zero-order valence-electron chi connectivity index (χ0n) is 15.6. The number of anilines is 1. The van der Waals surface area contributed by atoms with Crippen molar-refractivity contribution in [1.82, 2.24) is 15.6 Å². The lowest BCUT2D eigenvalue weighted by Crippen LogP contribution is -2.39. The number of pyridine rings is 1. The number of aryl methyl sites for hydroxylation is 1. The van der Waals surface area contributed by atoms with Crippen molar-refractivity contribution < 1.29 is 14.3 Å². The number of nitrogens with one attached hydrogen (secondary N) is 2. The van der Waals surface area contributed by atoms with E-state index >= 15 is 0 Å². The largest absolute Gasteiger partial charge is 0.492 e. The number of hydrogen-bond donors (Lipinski definition) is 2. The van der Waals surface area contributed by atoms with Gasteiger partial charge in [0.05, 0.1) is 19.8 Å². The Labute approximate surface area is 159 Å². The van der Waals surface area contributed by atoms with E-state index in [2.05, 4.69) is 20.5 Å². The van der Waals surface area contributed by atoms with Crippen LogP contribution in [0.1, 0.15) is 11.1 Å². The number of morpholine rings is 1. The van der Waals surface area contributed by atoms with Crippen LogP contribution in [-0.4, -0.2) is 50.5 Å². The summed E-state index contributed by atoms with van der Waals surface area (Å²) in [4.78, 5) is 18.7. The Morgan fingerprint density at radius 3 is 2.89 bits per heavy atom. The van der Waals surface area contributed by atoms with Crippen LogP contribution >= 0.6 is 0 Å². The number of benzene rings is 1. The van der Waals surface area contributed by atoms with Crippen LogP contribution in [0.15, 0.2) is 42.6 Å². The van der Waals surface area contributed by atoms with E-state index in [-0.39, 0.29) is 6.03 Å². The second-order valence-corrected chi connectivity index (χ2v) is 6.36. The van der Waals surface area contributed by atoms with E-state index in [9.17, 15) is 4.79 Å². The van der Waals surface area contributed by atoms with E-state index in [1.807, 2.05) is 43.3 Å². The molecule has 2 amide bonds. The number of nitrogens with zero attached hydrogens (tertiary/aromatic N) is 2. The Bertz CT molecular complexity index is 748. The van der Waals surface area contributed by atoms with Crippen LogP contribution in [0.5, 0.6) is 5.75 Å². The van der Waals surface area contributed by atoms with Crippen molar-refractivity contribution in [1.29, 1.82) is 0 Å². The summed E-state index contributed by atoms with van der Waals surface area (Å²) in [5, 5.41) is 5.69. The van der Waals surface area contributed by atoms with Gasteiger partial charge < -0.3 is 25.0 Å². The van der Waals surface area contributed by atoms with Crippen molar-refractivity contribution in [3.8, 4) is 5.75 Å². The number of aromatic nitrogens is 1. The molecule has 2 N–H and O–H groups in total. The van der Waals surface area contributed by atoms with E-state index in [0.29, 0.717) is 32.9 Å². The van der Waals surface area contributed by atoms with Gasteiger partial charge in [0.15, 0.2) is 0 Å². The number of rotatable bonds is 7. The Hall–Kier alpha value is -2.80. The maximum Gasteiger partial charge on any atom is 0.315 e. The number of hydrogen-bond acceptors (Lipinski definition) is 5. The average molecular weight is 370 g/mol. The normalized spacial score (nSPS) is 13.9. The molecule has 7 nitrogen and oxygen atoms in total. The third-order valence-electron chi connectivity index (χ3n) is 4.26. The number of urea groups is 1. The summed E-state index contributed by atoms with van der Waals surface area (Å²) in [6.45, 7) is 6.31. The van der Waals surface area contributed by atoms with Gasteiger partial charge in [0.1, 0.15) is 18.2 Å². The van der Waals surface area contributed by atoms with E-state index in [0.717, 1.165) is 35.8 Å². The fraction of sp³-hybridized carbons (Fsp3) is 0.400. The van der Waals surface area contributed by atoms with Gasteiger partial charge in [-0.05, 0) is 30.7 Å². The highest BCUT2D eigenvalue weighted by molar-refractivity contribution is 5.74. The molecular formula is C20H26N4O3. The van der Waals surface area contributed by atoms with Crippen LogP contribution in [0.3, 0.4) is 0 Å². The second-order valence-electron chi connectivity index (χ2n) is 6.36. The van der Waals surface area contributed by atoms with Gasteiger partial charge in [-0.25, -0.2) is 9.78 Å². The SMILES string of the molecule is Cc1cccc(OCCNC(=O)NCc2cccnc2N2CCOCC2)c1. The van der Waals surface area contributed by atoms with Crippen LogP contribution in [-0.2, 0) is 11.3 Å². The van der Waals surface area contributed by atoms with E-state index in [1.54, 1.807) is 6.20 Å². The van der Waals surface area contributed by atoms with Gasteiger partial charge in [-0.1, -0.05) is 18.2 Å². The number of carbonyl (C=O) groups excluding carboxylic acids is 1. The van der Waals surface area contributed by atoms with Crippen molar-refractivity contribution >= 4 is 11.8 Å².